The second-order valence-electron chi connectivity index (χ2n) is 5.86. The van der Waals surface area contributed by atoms with Crippen molar-refractivity contribution in [3.63, 3.8) is 0 Å². The van der Waals surface area contributed by atoms with E-state index in [9.17, 15) is 9.59 Å². The van der Waals surface area contributed by atoms with Gasteiger partial charge in [-0.2, -0.15) is 0 Å². The van der Waals surface area contributed by atoms with Gasteiger partial charge in [0.25, 0.3) is 5.91 Å². The molecule has 22 heavy (non-hydrogen) atoms. The maximum Gasteiger partial charge on any atom is 0.287 e. The Morgan fingerprint density at radius 2 is 1.86 bits per heavy atom. The van der Waals surface area contributed by atoms with E-state index in [1.807, 2.05) is 18.2 Å². The highest BCUT2D eigenvalue weighted by molar-refractivity contribution is 6.04. The predicted octanol–water partition coefficient (Wildman–Crippen LogP) is -0.843. The van der Waals surface area contributed by atoms with Crippen molar-refractivity contribution in [2.45, 2.75) is 12.5 Å². The number of nitrogens with zero attached hydrogens (tertiary/aromatic N) is 2. The summed E-state index contributed by atoms with van der Waals surface area (Å²) < 4.78 is 5.42. The number of anilines is 1. The van der Waals surface area contributed by atoms with Crippen molar-refractivity contribution < 1.29 is 19.2 Å². The van der Waals surface area contributed by atoms with E-state index in [4.69, 9.17) is 4.74 Å². The molecule has 1 aromatic rings. The number of para-hydroxylation sites is 2. The normalized spacial score (nSPS) is 23.3. The zero-order valence-electron chi connectivity index (χ0n) is 13.0. The molecule has 2 heterocycles. The Balaban J connectivity index is 1.66. The maximum atomic E-state index is 12.1. The zero-order chi connectivity index (χ0) is 15.7. The number of benzene rings is 1. The summed E-state index contributed by atoms with van der Waals surface area (Å²) >= 11 is 0. The summed E-state index contributed by atoms with van der Waals surface area (Å²) in [6.45, 7) is 3.43. The van der Waals surface area contributed by atoms with Gasteiger partial charge < -0.3 is 14.5 Å². The van der Waals surface area contributed by atoms with Crippen LogP contribution in [0.15, 0.2) is 24.3 Å². The van der Waals surface area contributed by atoms with Crippen LogP contribution in [0.2, 0.25) is 0 Å². The van der Waals surface area contributed by atoms with Crippen LogP contribution >= 0.6 is 0 Å². The SMILES string of the molecule is COc1ccccc1N1CC[NH+](C2CC(=O)N(C)C2=O)CC1. The largest absolute Gasteiger partial charge is 0.495 e. The Morgan fingerprint density at radius 3 is 2.45 bits per heavy atom. The number of imide groups is 1. The van der Waals surface area contributed by atoms with Crippen LogP contribution in [0.3, 0.4) is 0 Å². The van der Waals surface area contributed by atoms with Crippen molar-refractivity contribution in [2.24, 2.45) is 0 Å². The summed E-state index contributed by atoms with van der Waals surface area (Å²) in [7, 11) is 3.26. The monoisotopic (exact) mass is 304 g/mol. The lowest BCUT2D eigenvalue weighted by Crippen LogP contribution is -3.19. The highest BCUT2D eigenvalue weighted by atomic mass is 16.5. The van der Waals surface area contributed by atoms with Crippen LogP contribution in [-0.2, 0) is 9.59 Å². The quantitative estimate of drug-likeness (QED) is 0.740. The summed E-state index contributed by atoms with van der Waals surface area (Å²) in [5.74, 6) is 0.776. The third kappa shape index (κ3) is 2.54. The number of rotatable bonds is 3. The second kappa shape index (κ2) is 5.96. The molecule has 2 aliphatic heterocycles. The van der Waals surface area contributed by atoms with Gasteiger partial charge in [0.1, 0.15) is 5.75 Å². The van der Waals surface area contributed by atoms with Crippen LogP contribution in [0.1, 0.15) is 6.42 Å². The van der Waals surface area contributed by atoms with Gasteiger partial charge in [0.15, 0.2) is 6.04 Å². The average molecular weight is 304 g/mol. The molecule has 2 saturated heterocycles. The van der Waals surface area contributed by atoms with E-state index in [1.165, 1.54) is 9.80 Å². The van der Waals surface area contributed by atoms with E-state index < -0.39 is 0 Å². The third-order valence-corrected chi connectivity index (χ3v) is 4.71. The molecule has 3 rings (SSSR count). The van der Waals surface area contributed by atoms with Gasteiger partial charge in [-0.05, 0) is 12.1 Å². The van der Waals surface area contributed by atoms with Crippen LogP contribution in [0.25, 0.3) is 0 Å². The lowest BCUT2D eigenvalue weighted by molar-refractivity contribution is -0.915. The number of hydrogen-bond acceptors (Lipinski definition) is 4. The van der Waals surface area contributed by atoms with Crippen molar-refractivity contribution in [3.8, 4) is 5.75 Å². The standard InChI is InChI=1S/C16H21N3O3/c1-17-15(20)11-13(16(17)21)19-9-7-18(8-10-19)12-5-3-4-6-14(12)22-2/h3-6,13H,7-11H2,1-2H3/p+1. The number of hydrogen-bond donors (Lipinski definition) is 1. The topological polar surface area (TPSA) is 54.3 Å². The number of ether oxygens (including phenoxy) is 1. The minimum absolute atomic E-state index is 0.0364. The lowest BCUT2D eigenvalue weighted by Gasteiger charge is -2.36. The van der Waals surface area contributed by atoms with Crippen LogP contribution in [-0.4, -0.2) is 63.1 Å². The zero-order valence-corrected chi connectivity index (χ0v) is 13.0. The number of piperazine rings is 1. The van der Waals surface area contributed by atoms with Crippen LogP contribution in [0.5, 0.6) is 5.75 Å². The first kappa shape index (κ1) is 14.8. The lowest BCUT2D eigenvalue weighted by atomic mass is 10.1. The molecule has 2 fully saturated rings. The van der Waals surface area contributed by atoms with Crippen LogP contribution in [0.4, 0.5) is 5.69 Å². The molecule has 0 spiro atoms. The van der Waals surface area contributed by atoms with Crippen LogP contribution in [0, 0.1) is 0 Å². The molecule has 0 aliphatic carbocycles. The van der Waals surface area contributed by atoms with E-state index in [0.717, 1.165) is 37.6 Å². The average Bonchev–Trinajstić information content (AvgIpc) is 2.82. The summed E-state index contributed by atoms with van der Waals surface area (Å²) in [5.41, 5.74) is 1.09. The summed E-state index contributed by atoms with van der Waals surface area (Å²) in [6.07, 6.45) is 0.347. The number of amides is 2. The molecule has 1 atom stereocenters. The van der Waals surface area contributed by atoms with Crippen LogP contribution < -0.4 is 14.5 Å². The van der Waals surface area contributed by atoms with Gasteiger partial charge >= 0.3 is 0 Å². The van der Waals surface area contributed by atoms with Gasteiger partial charge in [0.05, 0.1) is 45.4 Å². The number of likely N-dealkylation sites (tertiary alicyclic amines) is 1. The van der Waals surface area contributed by atoms with Crippen molar-refractivity contribution in [1.29, 1.82) is 0 Å². The Hall–Kier alpha value is -2.08. The fourth-order valence-electron chi connectivity index (χ4n) is 3.35. The molecule has 0 aromatic heterocycles. The number of nitrogens with one attached hydrogen (secondary N) is 1. The molecule has 0 bridgehead atoms. The Bertz CT molecular complexity index is 582. The fourth-order valence-corrected chi connectivity index (χ4v) is 3.35. The third-order valence-electron chi connectivity index (χ3n) is 4.71. The first-order valence-electron chi connectivity index (χ1n) is 7.64. The van der Waals surface area contributed by atoms with Gasteiger partial charge in [-0.25, -0.2) is 0 Å². The number of carbonyl (C=O) groups is 2. The van der Waals surface area contributed by atoms with Crippen molar-refractivity contribution in [3.05, 3.63) is 24.3 Å². The fraction of sp³-hybridized carbons (Fsp3) is 0.500. The molecular formula is C16H22N3O3+. The van der Waals surface area contributed by atoms with Gasteiger partial charge in [0.2, 0.25) is 5.91 Å². The van der Waals surface area contributed by atoms with Crippen molar-refractivity contribution >= 4 is 17.5 Å². The first-order valence-corrected chi connectivity index (χ1v) is 7.64. The van der Waals surface area contributed by atoms with Crippen molar-refractivity contribution in [2.75, 3.05) is 45.2 Å². The van der Waals surface area contributed by atoms with Gasteiger partial charge in [0, 0.05) is 7.05 Å². The smallest absolute Gasteiger partial charge is 0.287 e. The Labute approximate surface area is 130 Å². The summed E-state index contributed by atoms with van der Waals surface area (Å²) in [4.78, 5) is 28.6. The number of likely N-dealkylation sites (N-methyl/N-ethyl adjacent to an activating group) is 1. The second-order valence-corrected chi connectivity index (χ2v) is 5.86. The first-order chi connectivity index (χ1) is 10.6. The van der Waals surface area contributed by atoms with E-state index in [-0.39, 0.29) is 17.9 Å². The molecule has 1 aromatic carbocycles. The predicted molar refractivity (Wildman–Crippen MR) is 82.1 cm³/mol. The van der Waals surface area contributed by atoms with E-state index in [1.54, 1.807) is 14.2 Å². The van der Waals surface area contributed by atoms with Gasteiger partial charge in [-0.15, -0.1) is 0 Å². The molecule has 6 nitrogen and oxygen atoms in total. The maximum absolute atomic E-state index is 12.1. The Morgan fingerprint density at radius 1 is 1.18 bits per heavy atom. The molecule has 2 aliphatic rings. The van der Waals surface area contributed by atoms with E-state index >= 15 is 0 Å². The van der Waals surface area contributed by atoms with E-state index in [0.29, 0.717) is 6.42 Å². The molecular weight excluding hydrogens is 282 g/mol. The molecule has 6 heteroatoms. The van der Waals surface area contributed by atoms with Gasteiger partial charge in [-0.3, -0.25) is 14.5 Å². The summed E-state index contributed by atoms with van der Waals surface area (Å²) in [6, 6.07) is 7.79. The minimum Gasteiger partial charge on any atom is -0.495 e. The number of quaternary nitrogens is 1. The Kier molecular flexibility index (Phi) is 4.02. The highest BCUT2D eigenvalue weighted by Crippen LogP contribution is 2.27. The molecule has 1 N–H and O–H groups in total. The highest BCUT2D eigenvalue weighted by Gasteiger charge is 2.43. The van der Waals surface area contributed by atoms with Crippen molar-refractivity contribution in [1.82, 2.24) is 4.90 Å². The minimum atomic E-state index is -0.197. The number of carbonyl (C=O) groups excluding carboxylic acids is 2. The number of methoxy groups -OCH3 is 1. The molecule has 118 valence electrons. The molecule has 1 unspecified atom stereocenters. The van der Waals surface area contributed by atoms with Gasteiger partial charge in [-0.1, -0.05) is 12.1 Å². The molecule has 0 saturated carbocycles. The molecule has 2 amide bonds. The van der Waals surface area contributed by atoms with E-state index in [2.05, 4.69) is 11.0 Å². The summed E-state index contributed by atoms with van der Waals surface area (Å²) in [5, 5.41) is 0. The molecule has 0 radical (unpaired) electrons.